The van der Waals surface area contributed by atoms with E-state index in [1.807, 2.05) is 0 Å². The quantitative estimate of drug-likeness (QED) is 0.216. The smallest absolute Gasteiger partial charge is 0.332 e. The molecule has 11 heteroatoms. The van der Waals surface area contributed by atoms with Crippen LogP contribution in [0.1, 0.15) is 12.5 Å². The van der Waals surface area contributed by atoms with Gasteiger partial charge in [-0.3, -0.25) is 4.99 Å². The normalized spacial score (nSPS) is 18.6. The van der Waals surface area contributed by atoms with Crippen molar-refractivity contribution in [2.24, 2.45) is 4.99 Å². The summed E-state index contributed by atoms with van der Waals surface area (Å²) in [6.07, 6.45) is 0. The summed E-state index contributed by atoms with van der Waals surface area (Å²) in [5.41, 5.74) is -1.25. The Morgan fingerprint density at radius 2 is 1.72 bits per heavy atom. The van der Waals surface area contributed by atoms with Gasteiger partial charge in [0.15, 0.2) is 17.0 Å². The highest BCUT2D eigenvalue weighted by atomic mass is 32.2. The minimum atomic E-state index is -1.33. The molecule has 1 heterocycles. The molecule has 0 bridgehead atoms. The van der Waals surface area contributed by atoms with Crippen LogP contribution in [0.2, 0.25) is 0 Å². The van der Waals surface area contributed by atoms with Crippen LogP contribution in [-0.2, 0) is 19.0 Å². The zero-order valence-corrected chi connectivity index (χ0v) is 17.0. The van der Waals surface area contributed by atoms with Crippen LogP contribution in [0.3, 0.4) is 0 Å². The van der Waals surface area contributed by atoms with Crippen LogP contribution < -0.4 is 4.74 Å². The summed E-state index contributed by atoms with van der Waals surface area (Å²) in [4.78, 5) is 15.5. The van der Waals surface area contributed by atoms with E-state index in [0.29, 0.717) is 26.4 Å². The maximum Gasteiger partial charge on any atom is 0.332 e. The zero-order chi connectivity index (χ0) is 21.4. The molecule has 0 fully saturated rings. The predicted octanol–water partition coefficient (Wildman–Crippen LogP) is 1.20. The van der Waals surface area contributed by atoms with Gasteiger partial charge in [-0.25, -0.2) is 4.79 Å². The van der Waals surface area contributed by atoms with Gasteiger partial charge in [-0.05, 0) is 13.0 Å². The number of carboxylic acid groups (broad SMARTS) is 1. The lowest BCUT2D eigenvalue weighted by molar-refractivity contribution is -0.141. The number of thioether (sulfide) groups is 1. The fourth-order valence-corrected chi connectivity index (χ4v) is 3.52. The average Bonchev–Trinajstić information content (AvgIpc) is 3.09. The van der Waals surface area contributed by atoms with Crippen molar-refractivity contribution in [1.29, 1.82) is 0 Å². The van der Waals surface area contributed by atoms with E-state index in [0.717, 1.165) is 17.8 Å². The topological polar surface area (TPSA) is 147 Å². The second-order valence-corrected chi connectivity index (χ2v) is 7.28. The summed E-state index contributed by atoms with van der Waals surface area (Å²) in [6.45, 7) is 3.29. The number of hydrogen-bond donors (Lipinski definition) is 4. The molecule has 10 nitrogen and oxygen atoms in total. The van der Waals surface area contributed by atoms with Crippen LogP contribution in [0, 0.1) is 0 Å². The van der Waals surface area contributed by atoms with Crippen LogP contribution >= 0.6 is 11.8 Å². The van der Waals surface area contributed by atoms with Crippen molar-refractivity contribution in [3.63, 3.8) is 0 Å². The molecule has 0 spiro atoms. The van der Waals surface area contributed by atoms with Crippen LogP contribution in [0.15, 0.2) is 11.1 Å². The highest BCUT2D eigenvalue weighted by Crippen LogP contribution is 2.47. The predicted molar refractivity (Wildman–Crippen MR) is 105 cm³/mol. The molecule has 1 aliphatic rings. The summed E-state index contributed by atoms with van der Waals surface area (Å²) in [7, 11) is 1.58. The fourth-order valence-electron chi connectivity index (χ4n) is 2.34. The summed E-state index contributed by atoms with van der Waals surface area (Å²) in [6, 6.07) is 1.12. The lowest BCUT2D eigenvalue weighted by Gasteiger charge is -2.14. The molecular weight excluding hydrogens is 406 g/mol. The Bertz CT molecular complexity index is 755. The van der Waals surface area contributed by atoms with Crippen molar-refractivity contribution in [2.45, 2.75) is 12.5 Å². The van der Waals surface area contributed by atoms with Gasteiger partial charge in [-0.15, -0.1) is 11.8 Å². The van der Waals surface area contributed by atoms with Crippen molar-refractivity contribution in [3.05, 3.63) is 11.6 Å². The minimum absolute atomic E-state index is 0.00541. The molecule has 0 saturated heterocycles. The molecule has 0 aliphatic carbocycles. The van der Waals surface area contributed by atoms with E-state index < -0.39 is 28.8 Å². The van der Waals surface area contributed by atoms with E-state index in [2.05, 4.69) is 4.99 Å². The second kappa shape index (κ2) is 10.5. The molecule has 162 valence electrons. The monoisotopic (exact) mass is 431 g/mol. The third-order valence-electron chi connectivity index (χ3n) is 4.02. The van der Waals surface area contributed by atoms with Crippen molar-refractivity contribution >= 4 is 22.8 Å². The van der Waals surface area contributed by atoms with Gasteiger partial charge in [0.1, 0.15) is 11.7 Å². The molecular formula is C18H25NO9S. The lowest BCUT2D eigenvalue weighted by atomic mass is 10.1. The Labute approximate surface area is 172 Å². The highest BCUT2D eigenvalue weighted by molar-refractivity contribution is 8.14. The number of hydrogen-bond acceptors (Lipinski definition) is 10. The van der Waals surface area contributed by atoms with Crippen molar-refractivity contribution in [2.75, 3.05) is 52.5 Å². The average molecular weight is 431 g/mol. The summed E-state index contributed by atoms with van der Waals surface area (Å²) < 4.78 is 20.8. The molecule has 0 radical (unpaired) electrons. The summed E-state index contributed by atoms with van der Waals surface area (Å²) in [5.74, 6) is -2.83. The van der Waals surface area contributed by atoms with Gasteiger partial charge in [0.25, 0.3) is 0 Å². The molecule has 0 amide bonds. The Balaban J connectivity index is 1.98. The zero-order valence-electron chi connectivity index (χ0n) is 16.2. The molecule has 1 atom stereocenters. The van der Waals surface area contributed by atoms with Crippen LogP contribution in [0.4, 0.5) is 0 Å². The Kier molecular flexibility index (Phi) is 8.38. The lowest BCUT2D eigenvalue weighted by Crippen LogP contribution is -2.33. The molecule has 1 aliphatic heterocycles. The van der Waals surface area contributed by atoms with Crippen molar-refractivity contribution < 1.29 is 44.2 Å². The Hall–Kier alpha value is -2.21. The maximum absolute atomic E-state index is 11.3. The summed E-state index contributed by atoms with van der Waals surface area (Å²) in [5, 5.41) is 40.0. The van der Waals surface area contributed by atoms with Crippen LogP contribution in [0.5, 0.6) is 23.0 Å². The van der Waals surface area contributed by atoms with Crippen molar-refractivity contribution in [3.8, 4) is 23.0 Å². The first-order valence-corrected chi connectivity index (χ1v) is 9.80. The molecule has 0 aromatic heterocycles. The van der Waals surface area contributed by atoms with Gasteiger partial charge in [-0.2, -0.15) is 0 Å². The molecule has 29 heavy (non-hydrogen) atoms. The van der Waals surface area contributed by atoms with E-state index in [1.54, 1.807) is 7.11 Å². The van der Waals surface area contributed by atoms with E-state index in [1.165, 1.54) is 6.92 Å². The van der Waals surface area contributed by atoms with E-state index in [-0.39, 0.29) is 35.3 Å². The number of ether oxygens (including phenoxy) is 4. The number of aliphatic carboxylic acids is 1. The Morgan fingerprint density at radius 3 is 2.31 bits per heavy atom. The van der Waals surface area contributed by atoms with Gasteiger partial charge >= 0.3 is 5.97 Å². The maximum atomic E-state index is 11.3. The first-order chi connectivity index (χ1) is 13.8. The number of carboxylic acids is 1. The number of phenols is 3. The first kappa shape index (κ1) is 23.1. The van der Waals surface area contributed by atoms with Crippen LogP contribution in [0.25, 0.3) is 0 Å². The number of benzene rings is 1. The second-order valence-electron chi connectivity index (χ2n) is 6.32. The molecule has 2 rings (SSSR count). The van der Waals surface area contributed by atoms with Gasteiger partial charge in [0.05, 0.1) is 38.6 Å². The number of rotatable bonds is 12. The molecule has 1 unspecified atom stereocenters. The highest BCUT2D eigenvalue weighted by Gasteiger charge is 2.39. The molecule has 0 saturated carbocycles. The Morgan fingerprint density at radius 1 is 1.10 bits per heavy atom. The number of phenolic OH excluding ortho intramolecular Hbond substituents is 3. The standard InChI is InChI=1S/C18H25NO9S/c1-18(17(23)24)10-29-16(19-18)11-9-12(20)14(22)15(13(11)21)28-8-7-27-6-5-26-4-3-25-2/h9,20-22H,3-8,10H2,1-2H3,(H,23,24). The number of carbonyl (C=O) groups is 1. The molecule has 1 aromatic carbocycles. The van der Waals surface area contributed by atoms with E-state index in [9.17, 15) is 25.2 Å². The largest absolute Gasteiger partial charge is 0.504 e. The number of nitrogens with zero attached hydrogens (tertiary/aromatic N) is 1. The molecule has 4 N–H and O–H groups in total. The van der Waals surface area contributed by atoms with E-state index >= 15 is 0 Å². The number of aromatic hydroxyl groups is 3. The van der Waals surface area contributed by atoms with Gasteiger partial charge in [0, 0.05) is 12.9 Å². The third kappa shape index (κ3) is 5.89. The third-order valence-corrected chi connectivity index (χ3v) is 5.31. The first-order valence-electron chi connectivity index (χ1n) is 8.81. The number of aliphatic imine (C=N–C) groups is 1. The van der Waals surface area contributed by atoms with Crippen LogP contribution in [-0.4, -0.2) is 89.5 Å². The minimum Gasteiger partial charge on any atom is -0.504 e. The van der Waals surface area contributed by atoms with Gasteiger partial charge in [-0.1, -0.05) is 0 Å². The molecule has 1 aromatic rings. The summed E-state index contributed by atoms with van der Waals surface area (Å²) >= 11 is 1.12. The number of methoxy groups -OCH3 is 1. The SMILES string of the molecule is COCCOCCOCCOc1c(O)c(O)cc(C2=NC(C)(C(=O)O)CS2)c1O. The van der Waals surface area contributed by atoms with Crippen molar-refractivity contribution in [1.82, 2.24) is 0 Å². The van der Waals surface area contributed by atoms with Gasteiger partial charge in [0.2, 0.25) is 11.5 Å². The van der Waals surface area contributed by atoms with E-state index in [4.69, 9.17) is 18.9 Å². The fraction of sp³-hybridized carbons (Fsp3) is 0.556. The van der Waals surface area contributed by atoms with Gasteiger partial charge < -0.3 is 39.4 Å².